The van der Waals surface area contributed by atoms with E-state index in [1.165, 1.54) is 37.7 Å². The molecule has 6 rings (SSSR count). The number of fused-ring (bicyclic) bond motifs is 3. The van der Waals surface area contributed by atoms with Gasteiger partial charge in [-0.05, 0) is 62.5 Å². The maximum absolute atomic E-state index is 6.06. The fourth-order valence-electron chi connectivity index (χ4n) is 4.72. The minimum Gasteiger partial charge on any atom is -0.277 e. The van der Waals surface area contributed by atoms with Crippen LogP contribution in [-0.4, -0.2) is 27.2 Å². The van der Waals surface area contributed by atoms with Crippen LogP contribution in [0.5, 0.6) is 0 Å². The van der Waals surface area contributed by atoms with Gasteiger partial charge in [-0.15, -0.1) is 10.7 Å². The third-order valence-corrected chi connectivity index (χ3v) is 5.98. The van der Waals surface area contributed by atoms with Gasteiger partial charge in [-0.25, -0.2) is 9.97 Å². The molecule has 2 aromatic rings. The Morgan fingerprint density at radius 1 is 1.29 bits per heavy atom. The van der Waals surface area contributed by atoms with Crippen LogP contribution in [0, 0.1) is 18.8 Å². The number of anilines is 1. The summed E-state index contributed by atoms with van der Waals surface area (Å²) < 4.78 is 0. The summed E-state index contributed by atoms with van der Waals surface area (Å²) in [7, 11) is 0. The normalized spacial score (nSPS) is 32.7. The third-order valence-electron chi connectivity index (χ3n) is 5.98. The van der Waals surface area contributed by atoms with Crippen LogP contribution in [0.2, 0.25) is 0 Å². The van der Waals surface area contributed by atoms with Crippen molar-refractivity contribution in [2.75, 3.05) is 12.0 Å². The lowest BCUT2D eigenvalue weighted by molar-refractivity contribution is -0.146. The molecule has 3 saturated carbocycles. The number of aromatic nitrogens is 2. The molecule has 6 heteroatoms. The van der Waals surface area contributed by atoms with E-state index in [0.717, 1.165) is 23.4 Å². The zero-order valence-corrected chi connectivity index (χ0v) is 14.0. The van der Waals surface area contributed by atoms with Gasteiger partial charge < -0.3 is 0 Å². The van der Waals surface area contributed by atoms with Gasteiger partial charge in [0.2, 0.25) is 5.95 Å². The lowest BCUT2D eigenvalue weighted by atomic mass is 9.62. The molecular formula is C18H23N5O. The quantitative estimate of drug-likeness (QED) is 0.885. The first-order chi connectivity index (χ1) is 11.7. The molecule has 1 aromatic carbocycles. The SMILES string of the molecule is Cc1ccc2cnc(NN3C[C@]4(CC5CCC4CC5)ON3)nc2c1. The molecular weight excluding hydrogens is 302 g/mol. The predicted molar refractivity (Wildman–Crippen MR) is 91.6 cm³/mol. The summed E-state index contributed by atoms with van der Waals surface area (Å²) in [5, 5.41) is 2.95. The lowest BCUT2D eigenvalue weighted by Gasteiger charge is -2.47. The fraction of sp³-hybridized carbons (Fsp3) is 0.556. The van der Waals surface area contributed by atoms with Gasteiger partial charge in [0.05, 0.1) is 12.1 Å². The van der Waals surface area contributed by atoms with Crippen molar-refractivity contribution in [3.05, 3.63) is 30.0 Å². The summed E-state index contributed by atoms with van der Waals surface area (Å²) in [4.78, 5) is 15.1. The molecule has 2 heterocycles. The van der Waals surface area contributed by atoms with Crippen molar-refractivity contribution in [2.45, 2.75) is 44.6 Å². The Morgan fingerprint density at radius 3 is 2.96 bits per heavy atom. The predicted octanol–water partition coefficient (Wildman–Crippen LogP) is 2.97. The molecule has 3 aliphatic carbocycles. The van der Waals surface area contributed by atoms with E-state index < -0.39 is 0 Å². The maximum atomic E-state index is 6.06. The van der Waals surface area contributed by atoms with E-state index in [-0.39, 0.29) is 5.60 Å². The standard InChI is InChI=1S/C18H23N5O/c1-12-2-5-14-10-19-17(20-16(14)8-12)21-23-11-18(24-22-23)9-13-3-6-15(18)7-4-13/h2,5,8,10,13,15,22H,3-4,6-7,9,11H2,1H3,(H,19,20,21)/t13?,15?,18-/m0/s1. The molecule has 4 fully saturated rings. The number of hydrogen-bond donors (Lipinski definition) is 2. The Bertz CT molecular complexity index is 773. The van der Waals surface area contributed by atoms with E-state index in [1.807, 2.05) is 11.3 Å². The van der Waals surface area contributed by atoms with Gasteiger partial charge in [-0.2, -0.15) is 0 Å². The lowest BCUT2D eigenvalue weighted by Crippen LogP contribution is -2.50. The first kappa shape index (κ1) is 14.6. The zero-order valence-electron chi connectivity index (χ0n) is 14.0. The Morgan fingerprint density at radius 2 is 2.17 bits per heavy atom. The van der Waals surface area contributed by atoms with E-state index in [9.17, 15) is 0 Å². The van der Waals surface area contributed by atoms with Gasteiger partial charge in [0.15, 0.2) is 0 Å². The molecule has 0 amide bonds. The maximum Gasteiger partial charge on any atom is 0.239 e. The molecule has 1 aliphatic heterocycles. The molecule has 1 aromatic heterocycles. The van der Waals surface area contributed by atoms with Gasteiger partial charge in [0.1, 0.15) is 5.60 Å². The van der Waals surface area contributed by atoms with Crippen LogP contribution in [0.4, 0.5) is 5.95 Å². The van der Waals surface area contributed by atoms with Crippen LogP contribution < -0.4 is 11.0 Å². The Hall–Kier alpha value is -1.76. The van der Waals surface area contributed by atoms with Gasteiger partial charge in [-0.3, -0.25) is 10.3 Å². The second-order valence-corrected chi connectivity index (χ2v) is 7.63. The minimum atomic E-state index is -0.0401. The highest BCUT2D eigenvalue weighted by Crippen LogP contribution is 2.50. The molecule has 1 spiro atoms. The molecule has 6 nitrogen and oxygen atoms in total. The van der Waals surface area contributed by atoms with Crippen molar-refractivity contribution >= 4 is 16.9 Å². The highest BCUT2D eigenvalue weighted by atomic mass is 16.7. The van der Waals surface area contributed by atoms with Crippen molar-refractivity contribution in [3.63, 3.8) is 0 Å². The van der Waals surface area contributed by atoms with Gasteiger partial charge in [0.25, 0.3) is 0 Å². The van der Waals surface area contributed by atoms with Crippen molar-refractivity contribution in [3.8, 4) is 0 Å². The summed E-state index contributed by atoms with van der Waals surface area (Å²) in [5.41, 5.74) is 8.43. The largest absolute Gasteiger partial charge is 0.277 e. The summed E-state index contributed by atoms with van der Waals surface area (Å²) in [6.07, 6.45) is 8.37. The summed E-state index contributed by atoms with van der Waals surface area (Å²) >= 11 is 0. The summed E-state index contributed by atoms with van der Waals surface area (Å²) in [5.74, 6) is 2.10. The molecule has 4 aliphatic rings. The van der Waals surface area contributed by atoms with Crippen molar-refractivity contribution in [1.29, 1.82) is 0 Å². The number of rotatable bonds is 2. The molecule has 1 saturated heterocycles. The number of benzene rings is 1. The van der Waals surface area contributed by atoms with E-state index in [4.69, 9.17) is 4.84 Å². The second kappa shape index (κ2) is 5.37. The topological polar surface area (TPSA) is 62.3 Å². The van der Waals surface area contributed by atoms with Crippen LogP contribution in [0.1, 0.15) is 37.7 Å². The first-order valence-corrected chi connectivity index (χ1v) is 8.91. The van der Waals surface area contributed by atoms with E-state index in [2.05, 4.69) is 46.1 Å². The molecule has 1 atom stereocenters. The van der Waals surface area contributed by atoms with Crippen molar-refractivity contribution < 1.29 is 4.84 Å². The second-order valence-electron chi connectivity index (χ2n) is 7.63. The van der Waals surface area contributed by atoms with E-state index in [1.54, 1.807) is 0 Å². The molecule has 24 heavy (non-hydrogen) atoms. The monoisotopic (exact) mass is 325 g/mol. The van der Waals surface area contributed by atoms with Crippen LogP contribution in [0.15, 0.2) is 24.4 Å². The smallest absolute Gasteiger partial charge is 0.239 e. The molecule has 0 radical (unpaired) electrons. The van der Waals surface area contributed by atoms with Crippen molar-refractivity contribution in [2.24, 2.45) is 11.8 Å². The Balaban J connectivity index is 1.34. The number of hydrazine groups is 2. The highest BCUT2D eigenvalue weighted by Gasteiger charge is 2.53. The summed E-state index contributed by atoms with van der Waals surface area (Å²) in [6, 6.07) is 6.22. The molecule has 2 N–H and O–H groups in total. The summed E-state index contributed by atoms with van der Waals surface area (Å²) in [6.45, 7) is 2.91. The number of nitrogens with one attached hydrogen (secondary N) is 2. The zero-order chi connectivity index (χ0) is 16.1. The number of aryl methyl sites for hydroxylation is 1. The number of hydrogen-bond acceptors (Lipinski definition) is 6. The average molecular weight is 325 g/mol. The van der Waals surface area contributed by atoms with E-state index >= 15 is 0 Å². The highest BCUT2D eigenvalue weighted by molar-refractivity contribution is 5.79. The van der Waals surface area contributed by atoms with Crippen LogP contribution in [0.3, 0.4) is 0 Å². The van der Waals surface area contributed by atoms with Crippen LogP contribution >= 0.6 is 0 Å². The van der Waals surface area contributed by atoms with Gasteiger partial charge in [-0.1, -0.05) is 12.1 Å². The molecule has 2 bridgehead atoms. The Labute approximate surface area is 141 Å². The van der Waals surface area contributed by atoms with Crippen LogP contribution in [-0.2, 0) is 4.84 Å². The van der Waals surface area contributed by atoms with Gasteiger partial charge >= 0.3 is 0 Å². The van der Waals surface area contributed by atoms with Crippen LogP contribution in [0.25, 0.3) is 10.9 Å². The fourth-order valence-corrected chi connectivity index (χ4v) is 4.72. The minimum absolute atomic E-state index is 0.0401. The number of nitrogens with zero attached hydrogens (tertiary/aromatic N) is 3. The Kier molecular flexibility index (Phi) is 3.26. The van der Waals surface area contributed by atoms with Gasteiger partial charge in [0, 0.05) is 11.6 Å². The van der Waals surface area contributed by atoms with E-state index in [0.29, 0.717) is 11.9 Å². The average Bonchev–Trinajstić information content (AvgIpc) is 2.97. The molecule has 0 unspecified atom stereocenters. The first-order valence-electron chi connectivity index (χ1n) is 8.91. The van der Waals surface area contributed by atoms with Crippen molar-refractivity contribution in [1.82, 2.24) is 20.7 Å². The molecule has 126 valence electrons. The third kappa shape index (κ3) is 2.37.